The Balaban J connectivity index is 1.65. The maximum Gasteiger partial charge on any atom is 0.251 e. The van der Waals surface area contributed by atoms with E-state index in [4.69, 9.17) is 9.47 Å². The summed E-state index contributed by atoms with van der Waals surface area (Å²) in [4.78, 5) is 13.7. The molecule has 0 spiro atoms. The molecule has 0 fully saturated rings. The molecule has 0 aliphatic rings. The number of nitrogens with one attached hydrogen (secondary N) is 1. The molecule has 3 rings (SSSR count). The number of carbonyl (C=O) groups excluding carboxylic acids is 1. The summed E-state index contributed by atoms with van der Waals surface area (Å²) in [6, 6.07) is 24.3. The minimum atomic E-state index is -0.133. The molecule has 0 aliphatic carbocycles. The third kappa shape index (κ3) is 5.08. The topological polar surface area (TPSA) is 47.6 Å². The molecule has 0 unspecified atom stereocenters. The monoisotopic (exact) mass is 392 g/mol. The van der Waals surface area contributed by atoms with Crippen LogP contribution in [-0.2, 0) is 12.3 Å². The molecule has 28 heavy (non-hydrogen) atoms. The molecule has 1 N–H and O–H groups in total. The molecule has 143 valence electrons. The van der Waals surface area contributed by atoms with Crippen molar-refractivity contribution in [2.24, 2.45) is 0 Å². The van der Waals surface area contributed by atoms with Crippen molar-refractivity contribution in [3.05, 3.63) is 89.5 Å². The van der Waals surface area contributed by atoms with Crippen LogP contribution in [0.5, 0.6) is 11.5 Å². The fraction of sp³-hybridized carbons (Fsp3) is 0.174. The fourth-order valence-corrected chi connectivity index (χ4v) is 3.63. The molecule has 1 radical (unpaired) electrons. The van der Waals surface area contributed by atoms with Crippen LogP contribution in [0.25, 0.3) is 0 Å². The van der Waals surface area contributed by atoms with E-state index >= 15 is 0 Å². The van der Waals surface area contributed by atoms with E-state index in [1.54, 1.807) is 26.0 Å². The molecule has 0 saturated carbocycles. The molecule has 1 amide bonds. The predicted octanol–water partition coefficient (Wildman–Crippen LogP) is 4.73. The maximum atomic E-state index is 12.6. The first-order valence-corrected chi connectivity index (χ1v) is 9.86. The Bertz CT molecular complexity index is 906. The third-order valence-corrected chi connectivity index (χ3v) is 5.26. The summed E-state index contributed by atoms with van der Waals surface area (Å²) in [5, 5.41) is 2.95. The van der Waals surface area contributed by atoms with Crippen LogP contribution >= 0.6 is 11.8 Å². The van der Waals surface area contributed by atoms with Crippen LogP contribution in [0.4, 0.5) is 0 Å². The van der Waals surface area contributed by atoms with E-state index in [1.165, 1.54) is 0 Å². The smallest absolute Gasteiger partial charge is 0.251 e. The molecular weight excluding hydrogens is 370 g/mol. The molecule has 3 aromatic carbocycles. The Hall–Kier alpha value is -2.92. The standard InChI is InChI=1S/C23H22NO3S/c1-26-21-12-7-13-22(27-2)20(21)15-24-23(25)18-9-6-8-17(14-18)16-28-19-10-4-3-5-11-19/h3-10,12-14H,15-16H2,1-2H3,(H,24,25). The van der Waals surface area contributed by atoms with Crippen LogP contribution in [-0.4, -0.2) is 20.1 Å². The molecule has 0 saturated heterocycles. The van der Waals surface area contributed by atoms with Crippen molar-refractivity contribution < 1.29 is 14.3 Å². The summed E-state index contributed by atoms with van der Waals surface area (Å²) in [6.45, 7) is 0.323. The van der Waals surface area contributed by atoms with Gasteiger partial charge in [-0.2, -0.15) is 0 Å². The normalized spacial score (nSPS) is 10.4. The number of rotatable bonds is 8. The minimum Gasteiger partial charge on any atom is -0.496 e. The van der Waals surface area contributed by atoms with Gasteiger partial charge in [0.25, 0.3) is 5.91 Å². The second-order valence-corrected chi connectivity index (χ2v) is 7.06. The van der Waals surface area contributed by atoms with Gasteiger partial charge in [0.1, 0.15) is 11.5 Å². The van der Waals surface area contributed by atoms with Gasteiger partial charge in [-0.25, -0.2) is 0 Å². The fourth-order valence-electron chi connectivity index (χ4n) is 2.80. The first-order valence-electron chi connectivity index (χ1n) is 8.88. The van der Waals surface area contributed by atoms with Crippen LogP contribution in [0.3, 0.4) is 0 Å². The molecule has 4 nitrogen and oxygen atoms in total. The van der Waals surface area contributed by atoms with Crippen molar-refractivity contribution in [1.82, 2.24) is 5.32 Å². The summed E-state index contributed by atoms with van der Waals surface area (Å²) >= 11 is 1.69. The summed E-state index contributed by atoms with van der Waals surface area (Å²) in [6.07, 6.45) is 0. The lowest BCUT2D eigenvalue weighted by Gasteiger charge is -2.14. The number of methoxy groups -OCH3 is 2. The molecule has 0 atom stereocenters. The van der Waals surface area contributed by atoms with Gasteiger partial charge < -0.3 is 14.8 Å². The lowest BCUT2D eigenvalue weighted by atomic mass is 10.1. The van der Waals surface area contributed by atoms with Crippen LogP contribution in [0.1, 0.15) is 21.5 Å². The summed E-state index contributed by atoms with van der Waals surface area (Å²) in [5.74, 6) is 2.01. The number of benzene rings is 3. The van der Waals surface area contributed by atoms with Gasteiger partial charge in [-0.05, 0) is 42.0 Å². The molecule has 0 bridgehead atoms. The number of carbonyl (C=O) groups is 1. The van der Waals surface area contributed by atoms with E-state index in [1.807, 2.05) is 66.7 Å². The first kappa shape index (κ1) is 19.8. The second kappa shape index (κ2) is 9.85. The number of thioether (sulfide) groups is 1. The van der Waals surface area contributed by atoms with Gasteiger partial charge in [-0.1, -0.05) is 36.4 Å². The highest BCUT2D eigenvalue weighted by Crippen LogP contribution is 2.28. The zero-order valence-electron chi connectivity index (χ0n) is 15.9. The van der Waals surface area contributed by atoms with Gasteiger partial charge in [0.2, 0.25) is 0 Å². The van der Waals surface area contributed by atoms with Gasteiger partial charge in [-0.3, -0.25) is 4.79 Å². The molecule has 3 aromatic rings. The van der Waals surface area contributed by atoms with Crippen LogP contribution in [0.2, 0.25) is 0 Å². The Morgan fingerprint density at radius 1 is 1.00 bits per heavy atom. The largest absolute Gasteiger partial charge is 0.496 e. The zero-order valence-corrected chi connectivity index (χ0v) is 16.7. The average molecular weight is 393 g/mol. The van der Waals surface area contributed by atoms with E-state index < -0.39 is 0 Å². The highest BCUT2D eigenvalue weighted by Gasteiger charge is 2.12. The molecule has 0 aromatic heterocycles. The van der Waals surface area contributed by atoms with Gasteiger partial charge >= 0.3 is 0 Å². The van der Waals surface area contributed by atoms with E-state index in [-0.39, 0.29) is 5.91 Å². The quantitative estimate of drug-likeness (QED) is 0.563. The van der Waals surface area contributed by atoms with Crippen LogP contribution in [0.15, 0.2) is 71.6 Å². The van der Waals surface area contributed by atoms with Crippen LogP contribution in [0, 0.1) is 6.07 Å². The van der Waals surface area contributed by atoms with Crippen molar-refractivity contribution in [3.8, 4) is 11.5 Å². The average Bonchev–Trinajstić information content (AvgIpc) is 2.76. The summed E-state index contributed by atoms with van der Waals surface area (Å²) in [7, 11) is 3.21. The summed E-state index contributed by atoms with van der Waals surface area (Å²) in [5.41, 5.74) is 2.53. The van der Waals surface area contributed by atoms with Gasteiger partial charge in [0.15, 0.2) is 0 Å². The van der Waals surface area contributed by atoms with E-state index in [9.17, 15) is 4.79 Å². The maximum absolute atomic E-state index is 12.6. The second-order valence-electron chi connectivity index (χ2n) is 6.04. The van der Waals surface area contributed by atoms with Crippen molar-refractivity contribution in [3.63, 3.8) is 0 Å². The highest BCUT2D eigenvalue weighted by molar-refractivity contribution is 7.98. The predicted molar refractivity (Wildman–Crippen MR) is 112 cm³/mol. The number of hydrogen-bond donors (Lipinski definition) is 1. The van der Waals surface area contributed by atoms with E-state index in [2.05, 4.69) is 11.4 Å². The number of amides is 1. The third-order valence-electron chi connectivity index (χ3n) is 4.22. The Kier molecular flexibility index (Phi) is 6.98. The summed E-state index contributed by atoms with van der Waals surface area (Å²) < 4.78 is 10.8. The van der Waals surface area contributed by atoms with Gasteiger partial charge in [-0.15, -0.1) is 11.8 Å². The number of hydrogen-bond acceptors (Lipinski definition) is 4. The van der Waals surface area contributed by atoms with E-state index in [0.29, 0.717) is 23.6 Å². The lowest BCUT2D eigenvalue weighted by molar-refractivity contribution is 0.0950. The molecule has 0 aliphatic heterocycles. The Morgan fingerprint density at radius 2 is 1.75 bits per heavy atom. The number of ether oxygens (including phenoxy) is 2. The molecule has 0 heterocycles. The zero-order chi connectivity index (χ0) is 19.8. The molecular formula is C23H22NO3S. The first-order chi connectivity index (χ1) is 13.7. The van der Waals surface area contributed by atoms with Crippen molar-refractivity contribution in [2.45, 2.75) is 17.2 Å². The Labute approximate surface area is 169 Å². The SMILES string of the molecule is COc1cccc(OC)c1CNC(=O)c1cccc(CSc2[c]cccc2)c1. The highest BCUT2D eigenvalue weighted by atomic mass is 32.2. The van der Waals surface area contributed by atoms with Crippen molar-refractivity contribution in [1.29, 1.82) is 0 Å². The van der Waals surface area contributed by atoms with Gasteiger partial charge in [0, 0.05) is 16.2 Å². The van der Waals surface area contributed by atoms with E-state index in [0.717, 1.165) is 21.8 Å². The molecule has 5 heteroatoms. The van der Waals surface area contributed by atoms with Crippen molar-refractivity contribution in [2.75, 3.05) is 14.2 Å². The lowest BCUT2D eigenvalue weighted by Crippen LogP contribution is -2.23. The van der Waals surface area contributed by atoms with Crippen molar-refractivity contribution >= 4 is 17.7 Å². The van der Waals surface area contributed by atoms with Crippen LogP contribution < -0.4 is 14.8 Å². The minimum absolute atomic E-state index is 0.133. The van der Waals surface area contributed by atoms with Gasteiger partial charge in [0.05, 0.1) is 26.3 Å². The Morgan fingerprint density at radius 3 is 2.43 bits per heavy atom.